The average molecular weight is 315 g/mol. The highest BCUT2D eigenvalue weighted by Gasteiger charge is 2.51. The third kappa shape index (κ3) is 2.56. The van der Waals surface area contributed by atoms with Crippen molar-refractivity contribution in [3.63, 3.8) is 0 Å². The highest BCUT2D eigenvalue weighted by Crippen LogP contribution is 2.36. The summed E-state index contributed by atoms with van der Waals surface area (Å²) in [6.07, 6.45) is 0. The molecule has 3 rings (SSSR count). The van der Waals surface area contributed by atoms with Crippen LogP contribution in [-0.4, -0.2) is 23.1 Å². The Hall–Kier alpha value is -1.79. The molecule has 0 unspecified atom stereocenters. The standard InChI is InChI=1S/C17H22BNO4/c1-11-14(15(20)19(6)21-11)12-7-9-13(10-8-12)18-22-16(2,3)17(4,5)23-18/h7-10H,1-6H3. The molecular formula is C17H22BNO4. The minimum absolute atomic E-state index is 0.133. The number of nitrogens with zero attached hydrogens (tertiary/aromatic N) is 1. The lowest BCUT2D eigenvalue weighted by Crippen LogP contribution is -2.41. The Bertz CT molecular complexity index is 770. The molecule has 23 heavy (non-hydrogen) atoms. The molecule has 1 aliphatic rings. The van der Waals surface area contributed by atoms with E-state index in [1.54, 1.807) is 14.0 Å². The van der Waals surface area contributed by atoms with Gasteiger partial charge in [0.25, 0.3) is 5.56 Å². The van der Waals surface area contributed by atoms with Crippen molar-refractivity contribution >= 4 is 12.6 Å². The number of aryl methyl sites for hydroxylation is 2. The van der Waals surface area contributed by atoms with Crippen LogP contribution < -0.4 is 11.0 Å². The number of aromatic nitrogens is 1. The fourth-order valence-electron chi connectivity index (χ4n) is 2.71. The monoisotopic (exact) mass is 315 g/mol. The number of benzene rings is 1. The fraction of sp³-hybridized carbons (Fsp3) is 0.471. The molecule has 1 fully saturated rings. The summed E-state index contributed by atoms with van der Waals surface area (Å²) in [5.41, 5.74) is 1.49. The number of rotatable bonds is 2. The number of hydrogen-bond donors (Lipinski definition) is 0. The van der Waals surface area contributed by atoms with Gasteiger partial charge in [0.05, 0.1) is 16.8 Å². The van der Waals surface area contributed by atoms with Crippen LogP contribution in [-0.2, 0) is 16.4 Å². The molecule has 0 bridgehead atoms. The van der Waals surface area contributed by atoms with Crippen LogP contribution in [0.3, 0.4) is 0 Å². The first kappa shape index (κ1) is 16.1. The molecule has 0 amide bonds. The highest BCUT2D eigenvalue weighted by molar-refractivity contribution is 6.62. The SMILES string of the molecule is Cc1on(C)c(=O)c1-c1ccc(B2OC(C)(C)C(C)(C)O2)cc1. The first-order chi connectivity index (χ1) is 10.6. The summed E-state index contributed by atoms with van der Waals surface area (Å²) in [6, 6.07) is 7.67. The molecule has 0 saturated carbocycles. The third-order valence-corrected chi connectivity index (χ3v) is 4.85. The molecule has 122 valence electrons. The lowest BCUT2D eigenvalue weighted by Gasteiger charge is -2.32. The minimum Gasteiger partial charge on any atom is -0.399 e. The van der Waals surface area contributed by atoms with Gasteiger partial charge >= 0.3 is 7.12 Å². The second kappa shape index (κ2) is 5.11. The molecule has 1 aromatic heterocycles. The quantitative estimate of drug-likeness (QED) is 0.798. The average Bonchev–Trinajstić information content (AvgIpc) is 2.83. The molecule has 1 saturated heterocycles. The molecule has 0 radical (unpaired) electrons. The van der Waals surface area contributed by atoms with Gasteiger partial charge in [0.2, 0.25) is 0 Å². The van der Waals surface area contributed by atoms with E-state index in [9.17, 15) is 4.79 Å². The second-order valence-electron chi connectivity index (χ2n) is 7.04. The normalized spacial score (nSPS) is 19.3. The van der Waals surface area contributed by atoms with E-state index >= 15 is 0 Å². The first-order valence-electron chi connectivity index (χ1n) is 7.75. The second-order valence-corrected chi connectivity index (χ2v) is 7.04. The van der Waals surface area contributed by atoms with Gasteiger partial charge in [0, 0.05) is 7.05 Å². The molecule has 0 aliphatic carbocycles. The zero-order chi connectivity index (χ0) is 17.0. The lowest BCUT2D eigenvalue weighted by atomic mass is 9.78. The van der Waals surface area contributed by atoms with Crippen LogP contribution in [0.1, 0.15) is 33.5 Å². The van der Waals surface area contributed by atoms with E-state index < -0.39 is 7.12 Å². The predicted octanol–water partition coefficient (Wildman–Crippen LogP) is 2.25. The molecule has 0 spiro atoms. The van der Waals surface area contributed by atoms with Crippen molar-refractivity contribution in [3.8, 4) is 11.1 Å². The smallest absolute Gasteiger partial charge is 0.399 e. The van der Waals surface area contributed by atoms with Crippen LogP contribution in [0.5, 0.6) is 0 Å². The molecule has 0 atom stereocenters. The highest BCUT2D eigenvalue weighted by atomic mass is 16.7. The molecule has 6 heteroatoms. The Morgan fingerprint density at radius 2 is 1.52 bits per heavy atom. The summed E-state index contributed by atoms with van der Waals surface area (Å²) in [5.74, 6) is 0.612. The Kier molecular flexibility index (Phi) is 3.57. The van der Waals surface area contributed by atoms with Gasteiger partial charge in [-0.25, -0.2) is 0 Å². The van der Waals surface area contributed by atoms with Gasteiger partial charge in [0.15, 0.2) is 0 Å². The maximum absolute atomic E-state index is 12.1. The zero-order valence-electron chi connectivity index (χ0n) is 14.5. The van der Waals surface area contributed by atoms with Crippen LogP contribution in [0.4, 0.5) is 0 Å². The van der Waals surface area contributed by atoms with Crippen LogP contribution in [0, 0.1) is 6.92 Å². The van der Waals surface area contributed by atoms with E-state index in [-0.39, 0.29) is 16.8 Å². The topological polar surface area (TPSA) is 53.6 Å². The fourth-order valence-corrected chi connectivity index (χ4v) is 2.71. The van der Waals surface area contributed by atoms with Crippen molar-refractivity contribution in [2.45, 2.75) is 45.8 Å². The Balaban J connectivity index is 1.91. The molecule has 5 nitrogen and oxygen atoms in total. The van der Waals surface area contributed by atoms with Crippen LogP contribution in [0.25, 0.3) is 11.1 Å². The molecular weight excluding hydrogens is 293 g/mol. The maximum Gasteiger partial charge on any atom is 0.494 e. The zero-order valence-corrected chi connectivity index (χ0v) is 14.5. The van der Waals surface area contributed by atoms with Gasteiger partial charge in [-0.05, 0) is 45.6 Å². The molecule has 1 aliphatic heterocycles. The molecule has 2 aromatic rings. The molecule has 2 heterocycles. The summed E-state index contributed by atoms with van der Waals surface area (Å²) < 4.78 is 18.7. The first-order valence-corrected chi connectivity index (χ1v) is 7.75. The Labute approximate surface area is 136 Å². The van der Waals surface area contributed by atoms with Gasteiger partial charge in [-0.1, -0.05) is 24.3 Å². The predicted molar refractivity (Wildman–Crippen MR) is 89.8 cm³/mol. The van der Waals surface area contributed by atoms with Crippen molar-refractivity contribution in [3.05, 3.63) is 40.4 Å². The van der Waals surface area contributed by atoms with E-state index in [1.165, 1.54) is 4.74 Å². The van der Waals surface area contributed by atoms with Crippen molar-refractivity contribution in [1.29, 1.82) is 0 Å². The van der Waals surface area contributed by atoms with Crippen molar-refractivity contribution in [2.24, 2.45) is 7.05 Å². The Morgan fingerprint density at radius 1 is 1.00 bits per heavy atom. The summed E-state index contributed by atoms with van der Waals surface area (Å²) in [7, 11) is 1.21. The minimum atomic E-state index is -0.401. The summed E-state index contributed by atoms with van der Waals surface area (Å²) >= 11 is 0. The van der Waals surface area contributed by atoms with Crippen molar-refractivity contribution in [2.75, 3.05) is 0 Å². The van der Waals surface area contributed by atoms with Gasteiger partial charge < -0.3 is 13.8 Å². The van der Waals surface area contributed by atoms with E-state index in [0.717, 1.165) is 11.0 Å². The van der Waals surface area contributed by atoms with Crippen LogP contribution >= 0.6 is 0 Å². The maximum atomic E-state index is 12.1. The van der Waals surface area contributed by atoms with Crippen LogP contribution in [0.15, 0.2) is 33.6 Å². The Morgan fingerprint density at radius 3 is 1.96 bits per heavy atom. The van der Waals surface area contributed by atoms with Crippen LogP contribution in [0.2, 0.25) is 0 Å². The third-order valence-electron chi connectivity index (χ3n) is 4.85. The van der Waals surface area contributed by atoms with Crippen molar-refractivity contribution < 1.29 is 13.8 Å². The molecule has 1 aromatic carbocycles. The van der Waals surface area contributed by atoms with E-state index in [4.69, 9.17) is 13.8 Å². The van der Waals surface area contributed by atoms with E-state index in [2.05, 4.69) is 0 Å². The summed E-state index contributed by atoms with van der Waals surface area (Å²) in [4.78, 5) is 12.1. The van der Waals surface area contributed by atoms with Gasteiger partial charge in [0.1, 0.15) is 5.76 Å². The summed E-state index contributed by atoms with van der Waals surface area (Å²) in [5, 5.41) is 0. The lowest BCUT2D eigenvalue weighted by molar-refractivity contribution is 0.00578. The van der Waals surface area contributed by atoms with Gasteiger partial charge in [-0.2, -0.15) is 4.74 Å². The van der Waals surface area contributed by atoms with Gasteiger partial charge in [-0.3, -0.25) is 4.79 Å². The number of hydrogen-bond acceptors (Lipinski definition) is 4. The van der Waals surface area contributed by atoms with Gasteiger partial charge in [-0.15, -0.1) is 0 Å². The van der Waals surface area contributed by atoms with E-state index in [1.807, 2.05) is 52.0 Å². The van der Waals surface area contributed by atoms with Crippen molar-refractivity contribution in [1.82, 2.24) is 4.74 Å². The van der Waals surface area contributed by atoms with E-state index in [0.29, 0.717) is 11.3 Å². The largest absolute Gasteiger partial charge is 0.494 e. The summed E-state index contributed by atoms with van der Waals surface area (Å²) in [6.45, 7) is 9.90. The molecule has 0 N–H and O–H groups in total.